The van der Waals surface area contributed by atoms with E-state index in [-0.39, 0.29) is 12.2 Å². The SMILES string of the molecule is CCC(=O)C(C)NS(=O)(=O)c1ccc(F)c([N+](=O)[O-])c1. The fraction of sp³-hybridized carbons (Fsp3) is 0.364. The van der Waals surface area contributed by atoms with Crippen LogP contribution in [0.4, 0.5) is 10.1 Å². The average Bonchev–Trinajstić information content (AvgIpc) is 2.36. The van der Waals surface area contributed by atoms with E-state index in [1.165, 1.54) is 6.92 Å². The first-order chi connectivity index (χ1) is 9.19. The highest BCUT2D eigenvalue weighted by atomic mass is 32.2. The van der Waals surface area contributed by atoms with E-state index in [2.05, 4.69) is 4.72 Å². The second kappa shape index (κ2) is 6.06. The second-order valence-corrected chi connectivity index (χ2v) is 5.75. The van der Waals surface area contributed by atoms with Gasteiger partial charge < -0.3 is 0 Å². The van der Waals surface area contributed by atoms with Crippen LogP contribution in [0.1, 0.15) is 20.3 Å². The van der Waals surface area contributed by atoms with Crippen LogP contribution in [0.5, 0.6) is 0 Å². The minimum Gasteiger partial charge on any atom is -0.298 e. The molecule has 0 saturated carbocycles. The van der Waals surface area contributed by atoms with Gasteiger partial charge in [0.25, 0.3) is 0 Å². The monoisotopic (exact) mass is 304 g/mol. The molecule has 1 atom stereocenters. The number of halogens is 1. The van der Waals surface area contributed by atoms with Gasteiger partial charge >= 0.3 is 5.69 Å². The van der Waals surface area contributed by atoms with Crippen molar-refractivity contribution in [3.8, 4) is 0 Å². The Balaban J connectivity index is 3.13. The molecule has 0 amide bonds. The summed E-state index contributed by atoms with van der Waals surface area (Å²) in [6.45, 7) is 2.94. The Labute approximate surface area is 115 Å². The zero-order valence-electron chi connectivity index (χ0n) is 10.8. The van der Waals surface area contributed by atoms with Crippen molar-refractivity contribution in [1.29, 1.82) is 0 Å². The van der Waals surface area contributed by atoms with Gasteiger partial charge in [0.2, 0.25) is 15.8 Å². The van der Waals surface area contributed by atoms with Crippen LogP contribution in [0.25, 0.3) is 0 Å². The predicted octanol–water partition coefficient (Wildman–Crippen LogP) is 1.38. The van der Waals surface area contributed by atoms with Gasteiger partial charge in [0, 0.05) is 12.5 Å². The fourth-order valence-electron chi connectivity index (χ4n) is 1.47. The van der Waals surface area contributed by atoms with Gasteiger partial charge in [0.1, 0.15) is 5.78 Å². The average molecular weight is 304 g/mol. The van der Waals surface area contributed by atoms with Crippen molar-refractivity contribution >= 4 is 21.5 Å². The summed E-state index contributed by atoms with van der Waals surface area (Å²) in [6.07, 6.45) is 0.146. The molecule has 0 bridgehead atoms. The first-order valence-corrected chi connectivity index (χ1v) is 7.16. The van der Waals surface area contributed by atoms with Gasteiger partial charge in [-0.25, -0.2) is 13.1 Å². The molecule has 0 heterocycles. The summed E-state index contributed by atoms with van der Waals surface area (Å²) >= 11 is 0. The van der Waals surface area contributed by atoms with E-state index in [0.29, 0.717) is 12.1 Å². The van der Waals surface area contributed by atoms with Crippen LogP contribution in [0.2, 0.25) is 0 Å². The lowest BCUT2D eigenvalue weighted by molar-refractivity contribution is -0.387. The van der Waals surface area contributed by atoms with Crippen molar-refractivity contribution in [1.82, 2.24) is 4.72 Å². The smallest absolute Gasteiger partial charge is 0.298 e. The van der Waals surface area contributed by atoms with Crippen molar-refractivity contribution in [2.75, 3.05) is 0 Å². The maximum absolute atomic E-state index is 13.1. The van der Waals surface area contributed by atoms with Gasteiger partial charge in [-0.15, -0.1) is 0 Å². The molecule has 0 spiro atoms. The third-order valence-corrected chi connectivity index (χ3v) is 4.13. The maximum Gasteiger partial charge on any atom is 0.306 e. The molecule has 20 heavy (non-hydrogen) atoms. The number of benzene rings is 1. The summed E-state index contributed by atoms with van der Waals surface area (Å²) in [5, 5.41) is 10.6. The Morgan fingerprint density at radius 1 is 1.50 bits per heavy atom. The normalized spacial score (nSPS) is 12.9. The third-order valence-electron chi connectivity index (χ3n) is 2.59. The molecule has 0 aliphatic carbocycles. The second-order valence-electron chi connectivity index (χ2n) is 4.03. The lowest BCUT2D eigenvalue weighted by Gasteiger charge is -2.12. The highest BCUT2D eigenvalue weighted by Gasteiger charge is 2.24. The minimum absolute atomic E-state index is 0.146. The number of Topliss-reactive ketones (excluding diaryl/α,β-unsaturated/α-hetero) is 1. The van der Waals surface area contributed by atoms with Gasteiger partial charge in [0.15, 0.2) is 0 Å². The van der Waals surface area contributed by atoms with Crippen molar-refractivity contribution in [3.63, 3.8) is 0 Å². The van der Waals surface area contributed by atoms with Crippen LogP contribution in [-0.4, -0.2) is 25.2 Å². The molecular weight excluding hydrogens is 291 g/mol. The molecule has 1 N–H and O–H groups in total. The third kappa shape index (κ3) is 3.58. The number of nitro groups is 1. The molecule has 9 heteroatoms. The summed E-state index contributed by atoms with van der Waals surface area (Å²) in [5.41, 5.74) is -0.942. The Hall–Kier alpha value is -1.87. The number of rotatable bonds is 6. The summed E-state index contributed by atoms with van der Waals surface area (Å²) in [6, 6.07) is 1.24. The molecule has 0 fully saturated rings. The zero-order chi connectivity index (χ0) is 15.5. The quantitative estimate of drug-likeness (QED) is 0.631. The van der Waals surface area contributed by atoms with E-state index in [1.807, 2.05) is 0 Å². The highest BCUT2D eigenvalue weighted by Crippen LogP contribution is 2.21. The predicted molar refractivity (Wildman–Crippen MR) is 68.1 cm³/mol. The number of nitro benzene ring substituents is 1. The van der Waals surface area contributed by atoms with Crippen molar-refractivity contribution in [3.05, 3.63) is 34.1 Å². The summed E-state index contributed by atoms with van der Waals surface area (Å²) in [4.78, 5) is 20.4. The molecule has 110 valence electrons. The molecule has 1 aromatic carbocycles. The lowest BCUT2D eigenvalue weighted by Crippen LogP contribution is -2.38. The number of nitrogens with one attached hydrogen (secondary N) is 1. The van der Waals surface area contributed by atoms with Gasteiger partial charge in [-0.05, 0) is 19.1 Å². The summed E-state index contributed by atoms with van der Waals surface area (Å²) in [7, 11) is -4.13. The number of carbonyl (C=O) groups is 1. The minimum atomic E-state index is -4.13. The van der Waals surface area contributed by atoms with E-state index in [1.54, 1.807) is 6.92 Å². The molecule has 0 aromatic heterocycles. The van der Waals surface area contributed by atoms with Crippen molar-refractivity contribution in [2.45, 2.75) is 31.2 Å². The topological polar surface area (TPSA) is 106 Å². The van der Waals surface area contributed by atoms with Gasteiger partial charge in [-0.3, -0.25) is 14.9 Å². The first kappa shape index (κ1) is 16.2. The van der Waals surface area contributed by atoms with Crippen LogP contribution in [0.15, 0.2) is 23.1 Å². The molecule has 0 saturated heterocycles. The highest BCUT2D eigenvalue weighted by molar-refractivity contribution is 7.89. The Kier molecular flexibility index (Phi) is 4.90. The molecule has 0 radical (unpaired) electrons. The maximum atomic E-state index is 13.1. The molecule has 7 nitrogen and oxygen atoms in total. The number of carbonyl (C=O) groups excluding carboxylic acids is 1. The summed E-state index contributed by atoms with van der Waals surface area (Å²) in [5.74, 6) is -1.46. The van der Waals surface area contributed by atoms with Crippen LogP contribution >= 0.6 is 0 Å². The largest absolute Gasteiger partial charge is 0.306 e. The molecule has 1 aromatic rings. The van der Waals surface area contributed by atoms with Crippen LogP contribution in [0, 0.1) is 15.9 Å². The fourth-order valence-corrected chi connectivity index (χ4v) is 2.72. The van der Waals surface area contributed by atoms with Gasteiger partial charge in [0.05, 0.1) is 15.9 Å². The van der Waals surface area contributed by atoms with E-state index in [4.69, 9.17) is 0 Å². The zero-order valence-corrected chi connectivity index (χ0v) is 11.6. The number of sulfonamides is 1. The number of ketones is 1. The Morgan fingerprint density at radius 2 is 2.10 bits per heavy atom. The molecule has 1 rings (SSSR count). The lowest BCUT2D eigenvalue weighted by atomic mass is 10.2. The standard InChI is InChI=1S/C11H13FN2O5S/c1-3-11(15)7(2)13-20(18,19)8-4-5-9(12)10(6-8)14(16)17/h4-7,13H,3H2,1-2H3. The molecule has 0 aliphatic heterocycles. The van der Waals surface area contributed by atoms with E-state index in [9.17, 15) is 27.7 Å². The molecular formula is C11H13FN2O5S. The van der Waals surface area contributed by atoms with Crippen molar-refractivity contribution in [2.24, 2.45) is 0 Å². The first-order valence-electron chi connectivity index (χ1n) is 5.68. The molecule has 0 aliphatic rings. The van der Waals surface area contributed by atoms with Crippen LogP contribution in [0.3, 0.4) is 0 Å². The van der Waals surface area contributed by atoms with Crippen molar-refractivity contribution < 1.29 is 22.5 Å². The van der Waals surface area contributed by atoms with E-state index in [0.717, 1.165) is 6.07 Å². The number of nitrogens with zero attached hydrogens (tertiary/aromatic N) is 1. The van der Waals surface area contributed by atoms with E-state index < -0.39 is 37.4 Å². The van der Waals surface area contributed by atoms with E-state index >= 15 is 0 Å². The summed E-state index contributed by atoms with van der Waals surface area (Å²) < 4.78 is 39.1. The van der Waals surface area contributed by atoms with Gasteiger partial charge in [-0.1, -0.05) is 6.92 Å². The van der Waals surface area contributed by atoms with Crippen LogP contribution < -0.4 is 4.72 Å². The number of hydrogen-bond acceptors (Lipinski definition) is 5. The molecule has 1 unspecified atom stereocenters. The Bertz CT molecular complexity index is 644. The number of hydrogen-bond donors (Lipinski definition) is 1. The van der Waals surface area contributed by atoms with Gasteiger partial charge in [-0.2, -0.15) is 4.39 Å². The Morgan fingerprint density at radius 3 is 2.60 bits per heavy atom. The van der Waals surface area contributed by atoms with Crippen LogP contribution in [-0.2, 0) is 14.8 Å².